The van der Waals surface area contributed by atoms with Gasteiger partial charge in [0.15, 0.2) is 5.69 Å². The van der Waals surface area contributed by atoms with Gasteiger partial charge in [0, 0.05) is 50.5 Å². The van der Waals surface area contributed by atoms with Gasteiger partial charge in [-0.05, 0) is 124 Å². The van der Waals surface area contributed by atoms with Crippen molar-refractivity contribution in [1.29, 1.82) is 5.26 Å². The Hall–Kier alpha value is -8.58. The molecule has 10 aromatic rings. The lowest BCUT2D eigenvalue weighted by Gasteiger charge is -2.44. The van der Waals surface area contributed by atoms with Crippen molar-refractivity contribution in [2.75, 3.05) is 9.80 Å². The first-order valence-corrected chi connectivity index (χ1v) is 20.8. The number of aromatic nitrogens is 1. The maximum absolute atomic E-state index is 9.61. The Morgan fingerprint density at radius 2 is 1.02 bits per heavy atom. The smallest absolute Gasteiger partial charge is 0.252 e. The number of hydrogen-bond donors (Lipinski definition) is 0. The molecule has 0 amide bonds. The zero-order valence-corrected chi connectivity index (χ0v) is 33.4. The minimum atomic E-state index is 0.0429. The van der Waals surface area contributed by atoms with Crippen LogP contribution >= 0.6 is 0 Å². The molecule has 12 rings (SSSR count). The number of benzene rings is 9. The topological polar surface area (TPSA) is 39.6 Å². The van der Waals surface area contributed by atoms with Gasteiger partial charge in [0.05, 0.1) is 29.4 Å². The Morgan fingerprint density at radius 3 is 1.66 bits per heavy atom. The van der Waals surface area contributed by atoms with Gasteiger partial charge in [-0.3, -0.25) is 0 Å². The Balaban J connectivity index is 1.12. The van der Waals surface area contributed by atoms with Crippen molar-refractivity contribution in [2.24, 2.45) is 0 Å². The van der Waals surface area contributed by atoms with Crippen LogP contribution in [-0.4, -0.2) is 11.3 Å². The molecule has 0 atom stereocenters. The van der Waals surface area contributed by atoms with Crippen molar-refractivity contribution in [3.05, 3.63) is 223 Å². The van der Waals surface area contributed by atoms with Crippen LogP contribution in [0.1, 0.15) is 5.56 Å². The molecule has 0 saturated heterocycles. The molecule has 0 spiro atoms. The van der Waals surface area contributed by atoms with E-state index in [4.69, 9.17) is 6.57 Å². The third-order valence-corrected chi connectivity index (χ3v) is 12.6. The van der Waals surface area contributed by atoms with E-state index in [1.807, 2.05) is 18.2 Å². The number of hydrogen-bond acceptors (Lipinski definition) is 3. The average Bonchev–Trinajstić information content (AvgIpc) is 3.67. The number of nitriles is 1. The highest BCUT2D eigenvalue weighted by Crippen LogP contribution is 2.47. The zero-order chi connectivity index (χ0) is 41.3. The van der Waals surface area contributed by atoms with E-state index in [-0.39, 0.29) is 6.71 Å². The molecular formula is C56H34BN5. The van der Waals surface area contributed by atoms with E-state index in [2.05, 4.69) is 201 Å². The molecule has 2 aliphatic rings. The summed E-state index contributed by atoms with van der Waals surface area (Å²) < 4.78 is 2.32. The second-order valence-electron chi connectivity index (χ2n) is 15.9. The van der Waals surface area contributed by atoms with Gasteiger partial charge < -0.3 is 14.4 Å². The van der Waals surface area contributed by atoms with E-state index in [0.717, 1.165) is 72.5 Å². The minimum absolute atomic E-state index is 0.0429. The summed E-state index contributed by atoms with van der Waals surface area (Å²) in [6.45, 7) is 8.06. The lowest BCUT2D eigenvalue weighted by Crippen LogP contribution is -2.61. The molecule has 286 valence electrons. The minimum Gasteiger partial charge on any atom is -0.311 e. The first kappa shape index (κ1) is 35.4. The molecule has 3 heterocycles. The van der Waals surface area contributed by atoms with Gasteiger partial charge in [-0.15, -0.1) is 0 Å². The van der Waals surface area contributed by atoms with E-state index in [0.29, 0.717) is 11.3 Å². The fraction of sp³-hybridized carbons (Fsp3) is 0. The van der Waals surface area contributed by atoms with Crippen LogP contribution in [0.25, 0.3) is 54.6 Å². The lowest BCUT2D eigenvalue weighted by atomic mass is 9.33. The average molecular weight is 788 g/mol. The summed E-state index contributed by atoms with van der Waals surface area (Å²) in [4.78, 5) is 8.76. The number of anilines is 6. The summed E-state index contributed by atoms with van der Waals surface area (Å²) in [5, 5.41) is 11.9. The second kappa shape index (κ2) is 14.0. The summed E-state index contributed by atoms with van der Waals surface area (Å²) in [7, 11) is 0. The molecule has 5 nitrogen and oxygen atoms in total. The fourth-order valence-corrected chi connectivity index (χ4v) is 10.0. The SMILES string of the molecule is [C-]#[N+]c1cc(C#N)ccc1-c1ccccc1-n1c2ccccc2c2cc(-c3cc4c5c(c3)N(c3ccccc3)c3ccccc3B5c3ccccc3N4c3ccccc3)ccc21. The summed E-state index contributed by atoms with van der Waals surface area (Å²) in [6.07, 6.45) is 0. The van der Waals surface area contributed by atoms with Crippen LogP contribution in [0.5, 0.6) is 0 Å². The van der Waals surface area contributed by atoms with Crippen LogP contribution < -0.4 is 26.2 Å². The van der Waals surface area contributed by atoms with E-state index < -0.39 is 0 Å². The lowest BCUT2D eigenvalue weighted by molar-refractivity contribution is 1.18. The molecule has 1 aromatic heterocycles. The molecule has 0 N–H and O–H groups in total. The number of nitrogens with zero attached hydrogens (tertiary/aromatic N) is 5. The van der Waals surface area contributed by atoms with E-state index >= 15 is 0 Å². The molecule has 9 aromatic carbocycles. The number of rotatable bonds is 5. The monoisotopic (exact) mass is 787 g/mol. The van der Waals surface area contributed by atoms with Gasteiger partial charge >= 0.3 is 0 Å². The van der Waals surface area contributed by atoms with Gasteiger partial charge in [-0.1, -0.05) is 121 Å². The summed E-state index contributed by atoms with van der Waals surface area (Å²) >= 11 is 0. The molecule has 0 bridgehead atoms. The first-order chi connectivity index (χ1) is 30.7. The molecule has 0 saturated carbocycles. The largest absolute Gasteiger partial charge is 0.311 e. The molecule has 0 aliphatic carbocycles. The van der Waals surface area contributed by atoms with Crippen molar-refractivity contribution in [1.82, 2.24) is 4.57 Å². The fourth-order valence-electron chi connectivity index (χ4n) is 10.0. The van der Waals surface area contributed by atoms with Gasteiger partial charge in [0.2, 0.25) is 0 Å². The highest BCUT2D eigenvalue weighted by Gasteiger charge is 2.43. The quantitative estimate of drug-likeness (QED) is 0.129. The van der Waals surface area contributed by atoms with E-state index in [9.17, 15) is 5.26 Å². The van der Waals surface area contributed by atoms with Crippen LogP contribution in [0.4, 0.5) is 39.8 Å². The maximum atomic E-state index is 9.61. The maximum Gasteiger partial charge on any atom is 0.252 e. The summed E-state index contributed by atoms with van der Waals surface area (Å²) in [5.74, 6) is 0. The van der Waals surface area contributed by atoms with Crippen LogP contribution in [0.15, 0.2) is 206 Å². The van der Waals surface area contributed by atoms with Crippen LogP contribution in [0.3, 0.4) is 0 Å². The van der Waals surface area contributed by atoms with Gasteiger partial charge in [0.1, 0.15) is 0 Å². The Kier molecular flexibility index (Phi) is 8.00. The predicted molar refractivity (Wildman–Crippen MR) is 257 cm³/mol. The molecule has 6 heteroatoms. The van der Waals surface area contributed by atoms with E-state index in [1.165, 1.54) is 27.8 Å². The first-order valence-electron chi connectivity index (χ1n) is 20.8. The summed E-state index contributed by atoms with van der Waals surface area (Å²) in [5.41, 5.74) is 18.8. The molecule has 0 unspecified atom stereocenters. The highest BCUT2D eigenvalue weighted by molar-refractivity contribution is 7.00. The molecular weight excluding hydrogens is 753 g/mol. The van der Waals surface area contributed by atoms with Crippen LogP contribution in [-0.2, 0) is 0 Å². The number of fused-ring (bicyclic) bond motifs is 7. The normalized spacial score (nSPS) is 12.4. The van der Waals surface area contributed by atoms with Crippen molar-refractivity contribution in [3.63, 3.8) is 0 Å². The van der Waals surface area contributed by atoms with E-state index in [1.54, 1.807) is 12.1 Å². The van der Waals surface area contributed by atoms with Gasteiger partial charge in [-0.2, -0.15) is 5.26 Å². The Morgan fingerprint density at radius 1 is 0.452 bits per heavy atom. The van der Waals surface area contributed by atoms with Crippen molar-refractivity contribution < 1.29 is 0 Å². The molecule has 2 aliphatic heterocycles. The van der Waals surface area contributed by atoms with Crippen molar-refractivity contribution >= 4 is 84.7 Å². The van der Waals surface area contributed by atoms with Crippen molar-refractivity contribution in [2.45, 2.75) is 0 Å². The molecule has 0 radical (unpaired) electrons. The molecule has 62 heavy (non-hydrogen) atoms. The Labute approximate surface area is 360 Å². The van der Waals surface area contributed by atoms with Gasteiger partial charge in [-0.25, -0.2) is 4.85 Å². The standard InChI is InChI=1S/C56H34BN5/c1-59-48-32-37(36-58)28-30-42(48)43-20-8-12-24-49(43)62-50-25-13-9-21-44(50)45-33-38(29-31-51(45)62)39-34-54-56-55(35-39)61(41-18-6-3-7-19-41)53-27-15-11-23-47(53)57(56)46-22-10-14-26-52(46)60(54)40-16-4-2-5-17-40/h2-35H. The Bertz CT molecular complexity index is 3410. The predicted octanol–water partition coefficient (Wildman–Crippen LogP) is 12.6. The summed E-state index contributed by atoms with van der Waals surface area (Å²) in [6, 6.07) is 75.3. The van der Waals surface area contributed by atoms with Crippen molar-refractivity contribution in [3.8, 4) is 34.0 Å². The number of para-hydroxylation sites is 6. The third kappa shape index (κ3) is 5.28. The third-order valence-electron chi connectivity index (χ3n) is 12.6. The van der Waals surface area contributed by atoms with Crippen LogP contribution in [0.2, 0.25) is 0 Å². The second-order valence-corrected chi connectivity index (χ2v) is 15.9. The van der Waals surface area contributed by atoms with Gasteiger partial charge in [0.25, 0.3) is 6.71 Å². The van der Waals surface area contributed by atoms with Crippen LogP contribution in [0, 0.1) is 17.9 Å². The molecule has 0 fully saturated rings. The zero-order valence-electron chi connectivity index (χ0n) is 33.4. The highest BCUT2D eigenvalue weighted by atomic mass is 15.2.